The zero-order chi connectivity index (χ0) is 14.4. The van der Waals surface area contributed by atoms with E-state index in [1.165, 1.54) is 5.56 Å². The Labute approximate surface area is 124 Å². The summed E-state index contributed by atoms with van der Waals surface area (Å²) < 4.78 is 5.48. The molecular formula is C14H23N3O2S. The minimum Gasteiger partial charge on any atom is -0.376 e. The third-order valence-corrected chi connectivity index (χ3v) is 4.22. The predicted octanol–water partition coefficient (Wildman–Crippen LogP) is 1.83. The number of ether oxygens (including phenoxy) is 1. The standard InChI is InChI=1S/C14H23N3O2S/c1-17(2)13(11-5-7-20-10-11)9-16-14(18)15-8-12-4-3-6-19-12/h5,7,10,12-13H,3-4,6,8-9H2,1-2H3,(H2,15,16,18)/t12-,13+/m1/s1. The van der Waals surface area contributed by atoms with Gasteiger partial charge < -0.3 is 20.3 Å². The van der Waals surface area contributed by atoms with Crippen LogP contribution in [0.25, 0.3) is 0 Å². The molecule has 2 heterocycles. The fourth-order valence-corrected chi connectivity index (χ4v) is 3.03. The smallest absolute Gasteiger partial charge is 0.314 e. The molecule has 2 atom stereocenters. The number of nitrogens with one attached hydrogen (secondary N) is 2. The van der Waals surface area contributed by atoms with E-state index in [2.05, 4.69) is 32.4 Å². The minimum atomic E-state index is -0.123. The van der Waals surface area contributed by atoms with Crippen LogP contribution in [0.3, 0.4) is 0 Å². The number of hydrogen-bond donors (Lipinski definition) is 2. The summed E-state index contributed by atoms with van der Waals surface area (Å²) in [6.45, 7) is 2.01. The topological polar surface area (TPSA) is 53.6 Å². The first-order chi connectivity index (χ1) is 9.66. The number of rotatable bonds is 6. The first-order valence-electron chi connectivity index (χ1n) is 6.98. The van der Waals surface area contributed by atoms with E-state index in [1.54, 1.807) is 11.3 Å². The van der Waals surface area contributed by atoms with Gasteiger partial charge in [0.05, 0.1) is 12.1 Å². The summed E-state index contributed by atoms with van der Waals surface area (Å²) in [5.74, 6) is 0. The lowest BCUT2D eigenvalue weighted by atomic mass is 10.1. The Morgan fingerprint density at radius 3 is 3.00 bits per heavy atom. The molecule has 1 aliphatic heterocycles. The second-order valence-electron chi connectivity index (χ2n) is 5.26. The lowest BCUT2D eigenvalue weighted by molar-refractivity contribution is 0.111. The van der Waals surface area contributed by atoms with E-state index in [9.17, 15) is 4.79 Å². The van der Waals surface area contributed by atoms with Gasteiger partial charge in [-0.05, 0) is 49.3 Å². The average Bonchev–Trinajstić information content (AvgIpc) is 3.09. The maximum Gasteiger partial charge on any atom is 0.314 e. The van der Waals surface area contributed by atoms with Crippen molar-refractivity contribution >= 4 is 17.4 Å². The third-order valence-electron chi connectivity index (χ3n) is 3.52. The first kappa shape index (κ1) is 15.3. The molecule has 0 spiro atoms. The third kappa shape index (κ3) is 4.47. The largest absolute Gasteiger partial charge is 0.376 e. The number of carbonyl (C=O) groups is 1. The van der Waals surface area contributed by atoms with Gasteiger partial charge in [-0.15, -0.1) is 0 Å². The quantitative estimate of drug-likeness (QED) is 0.842. The van der Waals surface area contributed by atoms with E-state index in [1.807, 2.05) is 14.1 Å². The van der Waals surface area contributed by atoms with Crippen molar-refractivity contribution in [1.82, 2.24) is 15.5 Å². The molecule has 5 nitrogen and oxygen atoms in total. The SMILES string of the molecule is CN(C)[C@@H](CNC(=O)NC[C@H]1CCCO1)c1ccsc1. The Morgan fingerprint density at radius 2 is 2.40 bits per heavy atom. The fraction of sp³-hybridized carbons (Fsp3) is 0.643. The number of likely N-dealkylation sites (N-methyl/N-ethyl adjacent to an activating group) is 1. The van der Waals surface area contributed by atoms with Crippen LogP contribution in [0.4, 0.5) is 4.79 Å². The number of urea groups is 1. The van der Waals surface area contributed by atoms with Crippen LogP contribution < -0.4 is 10.6 Å². The van der Waals surface area contributed by atoms with Crippen LogP contribution in [0.1, 0.15) is 24.4 Å². The Bertz CT molecular complexity index is 403. The van der Waals surface area contributed by atoms with Crippen molar-refractivity contribution in [3.8, 4) is 0 Å². The molecule has 1 saturated heterocycles. The van der Waals surface area contributed by atoms with Crippen molar-refractivity contribution in [3.05, 3.63) is 22.4 Å². The summed E-state index contributed by atoms with van der Waals surface area (Å²) in [6.07, 6.45) is 2.31. The van der Waals surface area contributed by atoms with Gasteiger partial charge >= 0.3 is 6.03 Å². The Balaban J connectivity index is 1.73. The average molecular weight is 297 g/mol. The van der Waals surface area contributed by atoms with Crippen molar-refractivity contribution in [1.29, 1.82) is 0 Å². The molecule has 0 unspecified atom stereocenters. The van der Waals surface area contributed by atoms with Gasteiger partial charge in [0.25, 0.3) is 0 Å². The highest BCUT2D eigenvalue weighted by Gasteiger charge is 2.18. The van der Waals surface area contributed by atoms with Gasteiger partial charge in [0.2, 0.25) is 0 Å². The van der Waals surface area contributed by atoms with Gasteiger partial charge in [-0.25, -0.2) is 4.79 Å². The zero-order valence-electron chi connectivity index (χ0n) is 12.1. The van der Waals surface area contributed by atoms with Crippen molar-refractivity contribution < 1.29 is 9.53 Å². The molecule has 2 amide bonds. The number of thiophene rings is 1. The molecule has 6 heteroatoms. The van der Waals surface area contributed by atoms with Gasteiger partial charge in [-0.3, -0.25) is 0 Å². The van der Waals surface area contributed by atoms with Crippen LogP contribution in [-0.2, 0) is 4.74 Å². The second-order valence-corrected chi connectivity index (χ2v) is 6.04. The molecule has 0 bridgehead atoms. The molecule has 2 rings (SSSR count). The molecule has 1 aliphatic rings. The Hall–Kier alpha value is -1.11. The molecule has 112 valence electrons. The van der Waals surface area contributed by atoms with E-state index >= 15 is 0 Å². The van der Waals surface area contributed by atoms with Gasteiger partial charge in [0, 0.05) is 19.7 Å². The molecule has 0 aromatic carbocycles. The molecule has 0 saturated carbocycles. The molecule has 2 N–H and O–H groups in total. The molecule has 1 fully saturated rings. The molecule has 1 aromatic heterocycles. The van der Waals surface area contributed by atoms with E-state index < -0.39 is 0 Å². The normalized spacial score (nSPS) is 20.1. The maximum atomic E-state index is 11.8. The predicted molar refractivity (Wildman–Crippen MR) is 81.1 cm³/mol. The van der Waals surface area contributed by atoms with E-state index in [0.717, 1.165) is 19.4 Å². The van der Waals surface area contributed by atoms with Gasteiger partial charge in [0.1, 0.15) is 0 Å². The van der Waals surface area contributed by atoms with E-state index in [0.29, 0.717) is 13.1 Å². The summed E-state index contributed by atoms with van der Waals surface area (Å²) in [6, 6.07) is 2.18. The van der Waals surface area contributed by atoms with Crippen molar-refractivity contribution in [2.24, 2.45) is 0 Å². The zero-order valence-corrected chi connectivity index (χ0v) is 12.9. The van der Waals surface area contributed by atoms with Crippen LogP contribution in [0.15, 0.2) is 16.8 Å². The highest BCUT2D eigenvalue weighted by Crippen LogP contribution is 2.19. The van der Waals surface area contributed by atoms with Gasteiger partial charge in [0.15, 0.2) is 0 Å². The lowest BCUT2D eigenvalue weighted by Gasteiger charge is -2.24. The van der Waals surface area contributed by atoms with Crippen LogP contribution in [0, 0.1) is 0 Å². The molecular weight excluding hydrogens is 274 g/mol. The van der Waals surface area contributed by atoms with E-state index in [-0.39, 0.29) is 18.2 Å². The van der Waals surface area contributed by atoms with Crippen molar-refractivity contribution in [2.45, 2.75) is 25.0 Å². The summed E-state index contributed by atoms with van der Waals surface area (Å²) >= 11 is 1.68. The number of hydrogen-bond acceptors (Lipinski definition) is 4. The van der Waals surface area contributed by atoms with Crippen molar-refractivity contribution in [2.75, 3.05) is 33.8 Å². The molecule has 0 radical (unpaired) electrons. The Kier molecular flexibility index (Phi) is 5.82. The molecule has 20 heavy (non-hydrogen) atoms. The van der Waals surface area contributed by atoms with Gasteiger partial charge in [-0.2, -0.15) is 11.3 Å². The Morgan fingerprint density at radius 1 is 1.55 bits per heavy atom. The lowest BCUT2D eigenvalue weighted by Crippen LogP contribution is -2.42. The fourth-order valence-electron chi connectivity index (χ4n) is 2.33. The number of nitrogens with zero attached hydrogens (tertiary/aromatic N) is 1. The van der Waals surface area contributed by atoms with Crippen LogP contribution in [0.5, 0.6) is 0 Å². The van der Waals surface area contributed by atoms with Gasteiger partial charge in [-0.1, -0.05) is 0 Å². The van der Waals surface area contributed by atoms with Crippen LogP contribution in [-0.4, -0.2) is 50.8 Å². The van der Waals surface area contributed by atoms with Crippen LogP contribution >= 0.6 is 11.3 Å². The number of amides is 2. The minimum absolute atomic E-state index is 0.123. The number of carbonyl (C=O) groups excluding carboxylic acids is 1. The summed E-state index contributed by atoms with van der Waals surface area (Å²) in [5, 5.41) is 9.99. The molecule has 0 aliphatic carbocycles. The highest BCUT2D eigenvalue weighted by atomic mass is 32.1. The second kappa shape index (κ2) is 7.61. The summed E-state index contributed by atoms with van der Waals surface area (Å²) in [5.41, 5.74) is 1.24. The first-order valence-corrected chi connectivity index (χ1v) is 7.93. The monoisotopic (exact) mass is 297 g/mol. The van der Waals surface area contributed by atoms with Crippen molar-refractivity contribution in [3.63, 3.8) is 0 Å². The molecule has 1 aromatic rings. The van der Waals surface area contributed by atoms with Crippen LogP contribution in [0.2, 0.25) is 0 Å². The maximum absolute atomic E-state index is 11.8. The highest BCUT2D eigenvalue weighted by molar-refractivity contribution is 7.07. The summed E-state index contributed by atoms with van der Waals surface area (Å²) in [7, 11) is 4.04. The van der Waals surface area contributed by atoms with E-state index in [4.69, 9.17) is 4.74 Å². The summed E-state index contributed by atoms with van der Waals surface area (Å²) in [4.78, 5) is 13.9.